The van der Waals surface area contributed by atoms with Gasteiger partial charge in [0.2, 0.25) is 0 Å². The molecule has 0 aliphatic carbocycles. The van der Waals surface area contributed by atoms with Crippen LogP contribution in [-0.4, -0.2) is 6.09 Å². The predicted octanol–water partition coefficient (Wildman–Crippen LogP) is 2.44. The van der Waals surface area contributed by atoms with E-state index < -0.39 is 6.09 Å². The number of hydrogen-bond acceptors (Lipinski definition) is 2. The number of rotatable bonds is 1. The highest BCUT2D eigenvalue weighted by atomic mass is 16.5. The number of amides is 1. The van der Waals surface area contributed by atoms with Crippen molar-refractivity contribution in [3.8, 4) is 5.75 Å². The Morgan fingerprint density at radius 2 is 1.71 bits per heavy atom. The summed E-state index contributed by atoms with van der Waals surface area (Å²) in [6.07, 6.45) is -0.784. The van der Waals surface area contributed by atoms with Crippen LogP contribution in [0.1, 0.15) is 26.3 Å². The van der Waals surface area contributed by atoms with Crippen LogP contribution in [0.3, 0.4) is 0 Å². The molecule has 0 radical (unpaired) electrons. The zero-order valence-electron chi connectivity index (χ0n) is 8.70. The van der Waals surface area contributed by atoms with Crippen LogP contribution in [0.15, 0.2) is 24.3 Å². The van der Waals surface area contributed by atoms with Crippen molar-refractivity contribution in [2.45, 2.75) is 26.2 Å². The molecule has 2 N–H and O–H groups in total. The van der Waals surface area contributed by atoms with Crippen molar-refractivity contribution in [1.82, 2.24) is 0 Å². The molecule has 0 heterocycles. The topological polar surface area (TPSA) is 52.3 Å². The summed E-state index contributed by atoms with van der Waals surface area (Å²) in [6, 6.07) is 7.34. The monoisotopic (exact) mass is 193 g/mol. The summed E-state index contributed by atoms with van der Waals surface area (Å²) < 4.78 is 4.72. The van der Waals surface area contributed by atoms with Crippen molar-refractivity contribution in [2.24, 2.45) is 5.73 Å². The average Bonchev–Trinajstić information content (AvgIpc) is 2.02. The normalized spacial score (nSPS) is 11.1. The number of carbonyl (C=O) groups excluding carboxylic acids is 1. The van der Waals surface area contributed by atoms with Gasteiger partial charge in [-0.25, -0.2) is 4.79 Å². The van der Waals surface area contributed by atoms with Gasteiger partial charge < -0.3 is 10.5 Å². The van der Waals surface area contributed by atoms with Crippen molar-refractivity contribution in [3.05, 3.63) is 29.8 Å². The molecule has 3 nitrogen and oxygen atoms in total. The van der Waals surface area contributed by atoms with Crippen LogP contribution in [0.25, 0.3) is 0 Å². The molecule has 0 saturated heterocycles. The minimum Gasteiger partial charge on any atom is -0.411 e. The first kappa shape index (κ1) is 10.6. The molecule has 0 fully saturated rings. The number of nitrogens with two attached hydrogens (primary N) is 1. The van der Waals surface area contributed by atoms with Crippen molar-refractivity contribution in [3.63, 3.8) is 0 Å². The smallest absolute Gasteiger partial charge is 0.409 e. The Morgan fingerprint density at radius 3 is 2.07 bits per heavy atom. The Balaban J connectivity index is 2.84. The molecule has 0 aromatic heterocycles. The molecule has 0 aliphatic heterocycles. The Labute approximate surface area is 83.9 Å². The maximum Gasteiger partial charge on any atom is 0.409 e. The number of carbonyl (C=O) groups is 1. The molecule has 1 aromatic carbocycles. The number of ether oxygens (including phenoxy) is 1. The van der Waals surface area contributed by atoms with E-state index in [9.17, 15) is 4.79 Å². The van der Waals surface area contributed by atoms with Crippen molar-refractivity contribution in [2.75, 3.05) is 0 Å². The molecule has 0 saturated carbocycles. The first-order chi connectivity index (χ1) is 6.39. The average molecular weight is 193 g/mol. The number of primary amides is 1. The Bertz CT molecular complexity index is 322. The van der Waals surface area contributed by atoms with Gasteiger partial charge in [0.1, 0.15) is 5.75 Å². The standard InChI is InChI=1S/C11H15NO2/c1-11(2,3)8-4-6-9(7-5-8)14-10(12)13/h4-7H,1-3H3,(H2,12,13). The predicted molar refractivity (Wildman–Crippen MR) is 55.4 cm³/mol. The lowest BCUT2D eigenvalue weighted by Gasteiger charge is -2.18. The lowest BCUT2D eigenvalue weighted by atomic mass is 9.87. The van der Waals surface area contributed by atoms with Crippen molar-refractivity contribution in [1.29, 1.82) is 0 Å². The lowest BCUT2D eigenvalue weighted by Crippen LogP contribution is -2.16. The largest absolute Gasteiger partial charge is 0.411 e. The highest BCUT2D eigenvalue weighted by Gasteiger charge is 2.13. The fraction of sp³-hybridized carbons (Fsp3) is 0.364. The molecule has 1 amide bonds. The van der Waals surface area contributed by atoms with Gasteiger partial charge in [-0.15, -0.1) is 0 Å². The minimum atomic E-state index is -0.784. The number of benzene rings is 1. The molecular weight excluding hydrogens is 178 g/mol. The van der Waals surface area contributed by atoms with Crippen molar-refractivity contribution < 1.29 is 9.53 Å². The van der Waals surface area contributed by atoms with E-state index in [-0.39, 0.29) is 5.41 Å². The van der Waals surface area contributed by atoms with E-state index in [1.807, 2.05) is 12.1 Å². The van der Waals surface area contributed by atoms with Crippen LogP contribution < -0.4 is 10.5 Å². The zero-order chi connectivity index (χ0) is 10.8. The van der Waals surface area contributed by atoms with Gasteiger partial charge in [0.15, 0.2) is 0 Å². The highest BCUT2D eigenvalue weighted by molar-refractivity contribution is 5.68. The Kier molecular flexibility index (Phi) is 2.79. The summed E-state index contributed by atoms with van der Waals surface area (Å²) in [6.45, 7) is 6.37. The molecule has 1 rings (SSSR count). The van der Waals surface area contributed by atoms with Gasteiger partial charge in [0, 0.05) is 0 Å². The summed E-state index contributed by atoms with van der Waals surface area (Å²) in [4.78, 5) is 10.5. The number of hydrogen-bond donors (Lipinski definition) is 1. The second-order valence-corrected chi connectivity index (χ2v) is 4.20. The van der Waals surface area contributed by atoms with Crippen LogP contribution in [0.2, 0.25) is 0 Å². The fourth-order valence-electron chi connectivity index (χ4n) is 1.14. The first-order valence-electron chi connectivity index (χ1n) is 4.47. The summed E-state index contributed by atoms with van der Waals surface area (Å²) in [7, 11) is 0. The van der Waals surface area contributed by atoms with Crippen LogP contribution >= 0.6 is 0 Å². The molecule has 0 atom stereocenters. The van der Waals surface area contributed by atoms with Gasteiger partial charge in [-0.3, -0.25) is 0 Å². The summed E-state index contributed by atoms with van der Waals surface area (Å²) >= 11 is 0. The second kappa shape index (κ2) is 3.70. The third-order valence-corrected chi connectivity index (χ3v) is 1.94. The molecular formula is C11H15NO2. The van der Waals surface area contributed by atoms with Gasteiger partial charge in [-0.1, -0.05) is 32.9 Å². The third-order valence-electron chi connectivity index (χ3n) is 1.94. The van der Waals surface area contributed by atoms with Gasteiger partial charge >= 0.3 is 6.09 Å². The molecule has 3 heteroatoms. The molecule has 0 aliphatic rings. The van der Waals surface area contributed by atoms with Crippen LogP contribution in [0, 0.1) is 0 Å². The summed E-state index contributed by atoms with van der Waals surface area (Å²) in [5, 5.41) is 0. The fourth-order valence-corrected chi connectivity index (χ4v) is 1.14. The van der Waals surface area contributed by atoms with E-state index in [4.69, 9.17) is 10.5 Å². The van der Waals surface area contributed by atoms with Crippen LogP contribution in [0.5, 0.6) is 5.75 Å². The molecule has 0 unspecified atom stereocenters. The van der Waals surface area contributed by atoms with E-state index in [0.717, 1.165) is 0 Å². The first-order valence-corrected chi connectivity index (χ1v) is 4.47. The Hall–Kier alpha value is -1.51. The van der Waals surface area contributed by atoms with Crippen molar-refractivity contribution >= 4 is 6.09 Å². The molecule has 0 bridgehead atoms. The van der Waals surface area contributed by atoms with Gasteiger partial charge in [0.25, 0.3) is 0 Å². The van der Waals surface area contributed by atoms with E-state index in [0.29, 0.717) is 5.75 Å². The van der Waals surface area contributed by atoms with E-state index in [2.05, 4.69) is 20.8 Å². The SMILES string of the molecule is CC(C)(C)c1ccc(OC(N)=O)cc1. The van der Waals surface area contributed by atoms with Crippen LogP contribution in [-0.2, 0) is 5.41 Å². The summed E-state index contributed by atoms with van der Waals surface area (Å²) in [5.41, 5.74) is 6.18. The van der Waals surface area contributed by atoms with Gasteiger partial charge in [0.05, 0.1) is 0 Å². The van der Waals surface area contributed by atoms with Gasteiger partial charge in [-0.2, -0.15) is 0 Å². The van der Waals surface area contributed by atoms with Crippen LogP contribution in [0.4, 0.5) is 4.79 Å². The molecule has 76 valence electrons. The zero-order valence-corrected chi connectivity index (χ0v) is 8.70. The van der Waals surface area contributed by atoms with E-state index in [1.165, 1.54) is 5.56 Å². The maximum atomic E-state index is 10.5. The summed E-state index contributed by atoms with van der Waals surface area (Å²) in [5.74, 6) is 0.477. The molecule has 1 aromatic rings. The van der Waals surface area contributed by atoms with E-state index >= 15 is 0 Å². The lowest BCUT2D eigenvalue weighted by molar-refractivity contribution is 0.211. The second-order valence-electron chi connectivity index (χ2n) is 4.20. The van der Waals surface area contributed by atoms with Gasteiger partial charge in [-0.05, 0) is 23.1 Å². The minimum absolute atomic E-state index is 0.102. The highest BCUT2D eigenvalue weighted by Crippen LogP contribution is 2.24. The Morgan fingerprint density at radius 1 is 1.21 bits per heavy atom. The third kappa shape index (κ3) is 2.76. The van der Waals surface area contributed by atoms with E-state index in [1.54, 1.807) is 12.1 Å². The quantitative estimate of drug-likeness (QED) is 0.744. The molecule has 0 spiro atoms. The maximum absolute atomic E-state index is 10.5. The molecule has 14 heavy (non-hydrogen) atoms.